The van der Waals surface area contributed by atoms with E-state index in [2.05, 4.69) is 27.7 Å². The molecule has 2 fully saturated rings. The van der Waals surface area contributed by atoms with Crippen molar-refractivity contribution in [1.82, 2.24) is 0 Å². The van der Waals surface area contributed by atoms with Gasteiger partial charge in [0.15, 0.2) is 11.6 Å². The predicted octanol–water partition coefficient (Wildman–Crippen LogP) is 3.51. The second-order valence-electron chi connectivity index (χ2n) is 9.98. The minimum atomic E-state index is -0.566. The van der Waals surface area contributed by atoms with E-state index in [1.807, 2.05) is 13.0 Å². The molecule has 0 heterocycles. The summed E-state index contributed by atoms with van der Waals surface area (Å²) in [6.07, 6.45) is 6.23. The van der Waals surface area contributed by atoms with E-state index in [4.69, 9.17) is 4.74 Å². The number of aliphatic hydroxyl groups is 1. The molecule has 5 nitrogen and oxygen atoms in total. The van der Waals surface area contributed by atoms with Crippen LogP contribution >= 0.6 is 0 Å². The van der Waals surface area contributed by atoms with Gasteiger partial charge in [0, 0.05) is 24.2 Å². The maximum absolute atomic E-state index is 12.7. The number of aliphatic hydroxyl groups excluding tert-OH is 1. The average molecular weight is 403 g/mol. The van der Waals surface area contributed by atoms with Gasteiger partial charge in [0.2, 0.25) is 0 Å². The quantitative estimate of drug-likeness (QED) is 0.728. The SMILES string of the molecule is CC(=O)OCC(=O)C(C)[C@@]1(C)CC(O)C2[C@@H](C[C@H](C)C3=CC(=O)C=C[C@@]32C)C1C. The summed E-state index contributed by atoms with van der Waals surface area (Å²) in [4.78, 5) is 35.8. The van der Waals surface area contributed by atoms with Crippen LogP contribution in [0.4, 0.5) is 0 Å². The van der Waals surface area contributed by atoms with Gasteiger partial charge in [-0.1, -0.05) is 46.3 Å². The normalized spacial score (nSPS) is 42.4. The van der Waals surface area contributed by atoms with Gasteiger partial charge in [-0.25, -0.2) is 0 Å². The Labute approximate surface area is 173 Å². The molecule has 0 aromatic heterocycles. The van der Waals surface area contributed by atoms with Crippen LogP contribution in [0.2, 0.25) is 0 Å². The summed E-state index contributed by atoms with van der Waals surface area (Å²) in [5.74, 6) is -0.140. The van der Waals surface area contributed by atoms with Crippen LogP contribution < -0.4 is 0 Å². The highest BCUT2D eigenvalue weighted by Crippen LogP contribution is 2.63. The van der Waals surface area contributed by atoms with Crippen molar-refractivity contribution in [3.05, 3.63) is 23.8 Å². The number of rotatable bonds is 4. The van der Waals surface area contributed by atoms with Crippen LogP contribution in [0.25, 0.3) is 0 Å². The minimum absolute atomic E-state index is 0.0214. The third kappa shape index (κ3) is 3.52. The van der Waals surface area contributed by atoms with Crippen LogP contribution in [0.3, 0.4) is 0 Å². The molecule has 3 aliphatic carbocycles. The Morgan fingerprint density at radius 3 is 2.59 bits per heavy atom. The van der Waals surface area contributed by atoms with Gasteiger partial charge >= 0.3 is 5.97 Å². The van der Waals surface area contributed by atoms with Gasteiger partial charge in [-0.2, -0.15) is 0 Å². The second-order valence-corrected chi connectivity index (χ2v) is 9.98. The monoisotopic (exact) mass is 402 g/mol. The molecule has 1 N–H and O–H groups in total. The number of carbonyl (C=O) groups is 3. The van der Waals surface area contributed by atoms with Crippen LogP contribution in [-0.4, -0.2) is 35.4 Å². The molecule has 0 aromatic carbocycles. The summed E-state index contributed by atoms with van der Waals surface area (Å²) in [6, 6.07) is 0. The molecule has 0 radical (unpaired) electrons. The molecule has 0 aromatic rings. The first-order valence-corrected chi connectivity index (χ1v) is 10.7. The van der Waals surface area contributed by atoms with E-state index >= 15 is 0 Å². The molecular formula is C24H34O5. The average Bonchev–Trinajstić information content (AvgIpc) is 2.64. The molecule has 5 heteroatoms. The van der Waals surface area contributed by atoms with E-state index in [9.17, 15) is 19.5 Å². The molecule has 2 saturated carbocycles. The topological polar surface area (TPSA) is 80.7 Å². The number of ketones is 2. The number of esters is 1. The number of allylic oxidation sites excluding steroid dienone is 4. The molecule has 0 saturated heterocycles. The molecule has 0 aliphatic heterocycles. The van der Waals surface area contributed by atoms with E-state index in [0.717, 1.165) is 12.0 Å². The van der Waals surface area contributed by atoms with Gasteiger partial charge in [-0.3, -0.25) is 14.4 Å². The number of hydrogen-bond donors (Lipinski definition) is 1. The van der Waals surface area contributed by atoms with Gasteiger partial charge in [0.25, 0.3) is 0 Å². The number of fused-ring (bicyclic) bond motifs is 3. The summed E-state index contributed by atoms with van der Waals surface area (Å²) in [5, 5.41) is 11.3. The van der Waals surface area contributed by atoms with Crippen LogP contribution in [0.5, 0.6) is 0 Å². The van der Waals surface area contributed by atoms with Gasteiger partial charge < -0.3 is 9.84 Å². The zero-order chi connectivity index (χ0) is 21.7. The van der Waals surface area contributed by atoms with Gasteiger partial charge in [-0.15, -0.1) is 0 Å². The second kappa shape index (κ2) is 7.50. The zero-order valence-electron chi connectivity index (χ0n) is 18.4. The van der Waals surface area contributed by atoms with Crippen LogP contribution in [0, 0.1) is 40.4 Å². The third-order valence-electron chi connectivity index (χ3n) is 8.46. The molecule has 160 valence electrons. The number of carbonyl (C=O) groups excluding carboxylic acids is 3. The fraction of sp³-hybridized carbons (Fsp3) is 0.708. The summed E-state index contributed by atoms with van der Waals surface area (Å²) in [6.45, 7) is 11.6. The Kier molecular flexibility index (Phi) is 5.67. The Morgan fingerprint density at radius 1 is 1.31 bits per heavy atom. The van der Waals surface area contributed by atoms with E-state index in [-0.39, 0.29) is 58.6 Å². The lowest BCUT2D eigenvalue weighted by Crippen LogP contribution is -2.58. The Morgan fingerprint density at radius 2 is 1.97 bits per heavy atom. The lowest BCUT2D eigenvalue weighted by atomic mass is 9.44. The maximum atomic E-state index is 12.7. The first-order valence-electron chi connectivity index (χ1n) is 10.7. The molecule has 8 atom stereocenters. The van der Waals surface area contributed by atoms with Crippen LogP contribution in [0.15, 0.2) is 23.8 Å². The lowest BCUT2D eigenvalue weighted by Gasteiger charge is -2.61. The first-order chi connectivity index (χ1) is 13.4. The highest BCUT2D eigenvalue weighted by atomic mass is 16.5. The Balaban J connectivity index is 1.92. The van der Waals surface area contributed by atoms with Crippen molar-refractivity contribution in [3.8, 4) is 0 Å². The largest absolute Gasteiger partial charge is 0.458 e. The molecule has 0 spiro atoms. The van der Waals surface area contributed by atoms with Crippen molar-refractivity contribution >= 4 is 17.5 Å². The number of ether oxygens (including phenoxy) is 1. The standard InChI is InChI=1S/C24H34O5/c1-13-9-18-14(2)24(6,15(3)21(28)12-29-16(4)25)11-20(27)22(18)23(5)8-7-17(26)10-19(13)23/h7-8,10,13-15,18,20,22,27H,9,11-12H2,1-6H3/t13-,14?,15?,18-,20?,22?,23-,24-/m0/s1. The third-order valence-corrected chi connectivity index (χ3v) is 8.46. The van der Waals surface area contributed by atoms with E-state index in [0.29, 0.717) is 6.42 Å². The fourth-order valence-electron chi connectivity index (χ4n) is 6.50. The van der Waals surface area contributed by atoms with Crippen molar-refractivity contribution in [2.45, 2.75) is 60.5 Å². The molecule has 3 aliphatic rings. The first kappa shape index (κ1) is 21.9. The van der Waals surface area contributed by atoms with Gasteiger partial charge in [-0.05, 0) is 48.2 Å². The van der Waals surface area contributed by atoms with Crippen molar-refractivity contribution in [3.63, 3.8) is 0 Å². The van der Waals surface area contributed by atoms with Crippen LogP contribution in [-0.2, 0) is 19.1 Å². The molecule has 3 rings (SSSR count). The maximum Gasteiger partial charge on any atom is 0.303 e. The fourth-order valence-corrected chi connectivity index (χ4v) is 6.50. The van der Waals surface area contributed by atoms with E-state index in [1.165, 1.54) is 6.92 Å². The number of hydrogen-bond acceptors (Lipinski definition) is 5. The Bertz CT molecular complexity index is 780. The summed E-state index contributed by atoms with van der Waals surface area (Å²) in [5.41, 5.74) is 0.402. The highest BCUT2D eigenvalue weighted by Gasteiger charge is 2.59. The number of Topliss-reactive ketones (excluding diaryl/α,β-unsaturated/α-hetero) is 1. The molecule has 29 heavy (non-hydrogen) atoms. The smallest absolute Gasteiger partial charge is 0.303 e. The van der Waals surface area contributed by atoms with Crippen molar-refractivity contribution in [2.24, 2.45) is 40.4 Å². The minimum Gasteiger partial charge on any atom is -0.458 e. The summed E-state index contributed by atoms with van der Waals surface area (Å²) >= 11 is 0. The molecule has 4 unspecified atom stereocenters. The molecular weight excluding hydrogens is 368 g/mol. The van der Waals surface area contributed by atoms with Crippen molar-refractivity contribution in [1.29, 1.82) is 0 Å². The van der Waals surface area contributed by atoms with Gasteiger partial charge in [0.05, 0.1) is 6.10 Å². The predicted molar refractivity (Wildman–Crippen MR) is 110 cm³/mol. The Hall–Kier alpha value is -1.75. The van der Waals surface area contributed by atoms with E-state index < -0.39 is 12.1 Å². The molecule has 0 bridgehead atoms. The van der Waals surface area contributed by atoms with Crippen LogP contribution in [0.1, 0.15) is 54.4 Å². The van der Waals surface area contributed by atoms with Crippen molar-refractivity contribution in [2.75, 3.05) is 6.61 Å². The van der Waals surface area contributed by atoms with E-state index in [1.54, 1.807) is 12.2 Å². The van der Waals surface area contributed by atoms with Gasteiger partial charge in [0.1, 0.15) is 6.61 Å². The highest BCUT2D eigenvalue weighted by molar-refractivity contribution is 6.01. The summed E-state index contributed by atoms with van der Waals surface area (Å²) in [7, 11) is 0. The lowest BCUT2D eigenvalue weighted by molar-refractivity contribution is -0.157. The zero-order valence-corrected chi connectivity index (χ0v) is 18.4. The molecule has 0 amide bonds. The van der Waals surface area contributed by atoms with Crippen molar-refractivity contribution < 1.29 is 24.2 Å². The summed E-state index contributed by atoms with van der Waals surface area (Å²) < 4.78 is 4.94.